The van der Waals surface area contributed by atoms with E-state index in [9.17, 15) is 19.1 Å². The van der Waals surface area contributed by atoms with Gasteiger partial charge in [-0.15, -0.1) is 12.4 Å². The van der Waals surface area contributed by atoms with Crippen molar-refractivity contribution in [3.63, 3.8) is 0 Å². The van der Waals surface area contributed by atoms with Crippen molar-refractivity contribution in [3.8, 4) is 0 Å². The summed E-state index contributed by atoms with van der Waals surface area (Å²) < 4.78 is 16.3. The van der Waals surface area contributed by atoms with E-state index in [1.807, 2.05) is 4.90 Å². The molecule has 1 saturated carbocycles. The first-order valence-electron chi connectivity index (χ1n) is 8.45. The number of aromatic carboxylic acids is 1. The number of rotatable bonds is 3. The van der Waals surface area contributed by atoms with Gasteiger partial charge in [0.1, 0.15) is 11.2 Å². The topological polar surface area (TPSA) is 101 Å². The van der Waals surface area contributed by atoms with Crippen LogP contribution in [0.25, 0.3) is 11.0 Å². The van der Waals surface area contributed by atoms with Crippen LogP contribution in [0.3, 0.4) is 0 Å². The van der Waals surface area contributed by atoms with E-state index in [1.54, 1.807) is 4.57 Å². The zero-order chi connectivity index (χ0) is 17.7. The Kier molecular flexibility index (Phi) is 4.90. The van der Waals surface area contributed by atoms with Crippen LogP contribution in [0.5, 0.6) is 0 Å². The van der Waals surface area contributed by atoms with Gasteiger partial charge in [-0.2, -0.15) is 0 Å². The van der Waals surface area contributed by atoms with E-state index in [1.165, 1.54) is 6.20 Å². The fourth-order valence-electron chi connectivity index (χ4n) is 3.35. The monoisotopic (exact) mass is 382 g/mol. The molecule has 1 aliphatic carbocycles. The Bertz CT molecular complexity index is 920. The lowest BCUT2D eigenvalue weighted by molar-refractivity contribution is 0.0695. The number of anilines is 1. The minimum absolute atomic E-state index is 0. The molecule has 26 heavy (non-hydrogen) atoms. The third-order valence-corrected chi connectivity index (χ3v) is 4.95. The lowest BCUT2D eigenvalue weighted by Gasteiger charge is -2.31. The molecule has 0 aromatic carbocycles. The van der Waals surface area contributed by atoms with Crippen molar-refractivity contribution >= 4 is 35.2 Å². The van der Waals surface area contributed by atoms with E-state index < -0.39 is 17.2 Å². The second-order valence-corrected chi connectivity index (χ2v) is 6.80. The van der Waals surface area contributed by atoms with Gasteiger partial charge < -0.3 is 20.3 Å². The number of nitrogens with two attached hydrogens (primary N) is 1. The maximum Gasteiger partial charge on any atom is 0.341 e. The molecule has 3 heterocycles. The average Bonchev–Trinajstić information content (AvgIpc) is 3.41. The van der Waals surface area contributed by atoms with Crippen LogP contribution in [0.1, 0.15) is 42.1 Å². The number of carboxylic acids is 1. The minimum atomic E-state index is -1.31. The number of piperidine rings is 1. The Morgan fingerprint density at radius 2 is 1.92 bits per heavy atom. The SMILES string of the molecule is Cl.NC1CCN(c2nc3c(cc2F)c(=O)c(C(=O)O)cn3C2CC2)CC1. The number of carbonyl (C=O) groups is 1. The molecular formula is C17H20ClFN4O3. The molecule has 140 valence electrons. The smallest absolute Gasteiger partial charge is 0.341 e. The van der Waals surface area contributed by atoms with Gasteiger partial charge in [0, 0.05) is 31.4 Å². The van der Waals surface area contributed by atoms with Crippen LogP contribution in [0, 0.1) is 5.82 Å². The lowest BCUT2D eigenvalue weighted by atomic mass is 10.1. The molecule has 2 aromatic rings. The van der Waals surface area contributed by atoms with Gasteiger partial charge in [-0.05, 0) is 31.7 Å². The fourth-order valence-corrected chi connectivity index (χ4v) is 3.35. The van der Waals surface area contributed by atoms with Crippen LogP contribution >= 0.6 is 12.4 Å². The van der Waals surface area contributed by atoms with E-state index in [0.717, 1.165) is 31.7 Å². The molecule has 9 heteroatoms. The third-order valence-electron chi connectivity index (χ3n) is 4.95. The van der Waals surface area contributed by atoms with Gasteiger partial charge in [-0.3, -0.25) is 4.79 Å². The molecule has 0 radical (unpaired) electrons. The molecule has 0 atom stereocenters. The zero-order valence-electron chi connectivity index (χ0n) is 14.0. The van der Waals surface area contributed by atoms with Gasteiger partial charge >= 0.3 is 5.97 Å². The van der Waals surface area contributed by atoms with Crippen LogP contribution in [-0.4, -0.2) is 39.8 Å². The minimum Gasteiger partial charge on any atom is -0.477 e. The summed E-state index contributed by atoms with van der Waals surface area (Å²) in [6, 6.07) is 1.35. The maximum absolute atomic E-state index is 14.6. The molecule has 1 aliphatic heterocycles. The molecule has 1 saturated heterocycles. The first-order chi connectivity index (χ1) is 12.0. The highest BCUT2D eigenvalue weighted by Gasteiger charge is 2.29. The average molecular weight is 383 g/mol. The number of aromatic nitrogens is 2. The number of fused-ring (bicyclic) bond motifs is 1. The number of hydrogen-bond donors (Lipinski definition) is 2. The highest BCUT2D eigenvalue weighted by Crippen LogP contribution is 2.37. The van der Waals surface area contributed by atoms with Crippen LogP contribution in [0.15, 0.2) is 17.1 Å². The highest BCUT2D eigenvalue weighted by molar-refractivity contribution is 5.92. The third kappa shape index (κ3) is 3.14. The molecule has 7 nitrogen and oxygen atoms in total. The van der Waals surface area contributed by atoms with Gasteiger partial charge in [-0.25, -0.2) is 14.2 Å². The van der Waals surface area contributed by atoms with E-state index in [-0.39, 0.29) is 41.3 Å². The van der Waals surface area contributed by atoms with Gasteiger partial charge in [0.25, 0.3) is 0 Å². The predicted octanol–water partition coefficient (Wildman–Crippen LogP) is 1.92. The van der Waals surface area contributed by atoms with Crippen LogP contribution in [0.4, 0.5) is 10.2 Å². The Morgan fingerprint density at radius 3 is 2.50 bits per heavy atom. The summed E-state index contributed by atoms with van der Waals surface area (Å²) in [7, 11) is 0. The molecular weight excluding hydrogens is 363 g/mol. The Labute approximate surface area is 155 Å². The molecule has 0 amide bonds. The molecule has 0 unspecified atom stereocenters. The molecule has 2 aliphatic rings. The van der Waals surface area contributed by atoms with Crippen molar-refractivity contribution in [1.82, 2.24) is 9.55 Å². The largest absolute Gasteiger partial charge is 0.477 e. The normalized spacial score (nSPS) is 18.0. The van der Waals surface area contributed by atoms with Gasteiger partial charge in [0.15, 0.2) is 11.6 Å². The molecule has 0 bridgehead atoms. The quantitative estimate of drug-likeness (QED) is 0.840. The van der Waals surface area contributed by atoms with Crippen molar-refractivity contribution in [3.05, 3.63) is 33.9 Å². The first-order valence-corrected chi connectivity index (χ1v) is 8.45. The molecule has 3 N–H and O–H groups in total. The second kappa shape index (κ2) is 6.85. The molecule has 0 spiro atoms. The Morgan fingerprint density at radius 1 is 1.27 bits per heavy atom. The summed E-state index contributed by atoms with van der Waals surface area (Å²) in [6.07, 6.45) is 4.64. The van der Waals surface area contributed by atoms with Crippen molar-refractivity contribution in [2.45, 2.75) is 37.8 Å². The van der Waals surface area contributed by atoms with E-state index >= 15 is 0 Å². The zero-order valence-corrected chi connectivity index (χ0v) is 14.8. The summed E-state index contributed by atoms with van der Waals surface area (Å²) >= 11 is 0. The standard InChI is InChI=1S/C17H19FN4O3.ClH/c18-13-7-11-14(23)12(17(24)25)8-22(10-1-2-10)15(11)20-16(13)21-5-3-9(19)4-6-21;/h7-10H,1-6,19H2,(H,24,25);1H. The van der Waals surface area contributed by atoms with Crippen molar-refractivity contribution in [2.75, 3.05) is 18.0 Å². The second-order valence-electron chi connectivity index (χ2n) is 6.80. The van der Waals surface area contributed by atoms with Crippen LogP contribution in [-0.2, 0) is 0 Å². The van der Waals surface area contributed by atoms with Crippen molar-refractivity contribution < 1.29 is 14.3 Å². The van der Waals surface area contributed by atoms with Crippen molar-refractivity contribution in [2.24, 2.45) is 5.73 Å². The number of pyridine rings is 2. The van der Waals surface area contributed by atoms with Gasteiger partial charge in [0.05, 0.1) is 5.39 Å². The summed E-state index contributed by atoms with van der Waals surface area (Å²) in [5.74, 6) is -1.71. The molecule has 2 aromatic heterocycles. The van der Waals surface area contributed by atoms with Crippen LogP contribution < -0.4 is 16.1 Å². The summed E-state index contributed by atoms with van der Waals surface area (Å²) in [5, 5.41) is 9.27. The Balaban J connectivity index is 0.00000196. The summed E-state index contributed by atoms with van der Waals surface area (Å²) in [5.41, 5.74) is 5.20. The van der Waals surface area contributed by atoms with E-state index in [4.69, 9.17) is 5.73 Å². The van der Waals surface area contributed by atoms with Gasteiger partial charge in [-0.1, -0.05) is 0 Å². The van der Waals surface area contributed by atoms with E-state index in [0.29, 0.717) is 18.7 Å². The maximum atomic E-state index is 14.6. The predicted molar refractivity (Wildman–Crippen MR) is 97.9 cm³/mol. The van der Waals surface area contributed by atoms with Gasteiger partial charge in [0.2, 0.25) is 5.43 Å². The number of nitrogens with zero attached hydrogens (tertiary/aromatic N) is 3. The van der Waals surface area contributed by atoms with Crippen molar-refractivity contribution in [1.29, 1.82) is 0 Å². The van der Waals surface area contributed by atoms with Crippen LogP contribution in [0.2, 0.25) is 0 Å². The number of carboxylic acid groups (broad SMARTS) is 1. The Hall–Kier alpha value is -2.19. The van der Waals surface area contributed by atoms with E-state index in [2.05, 4.69) is 4.98 Å². The fraction of sp³-hybridized carbons (Fsp3) is 0.471. The summed E-state index contributed by atoms with van der Waals surface area (Å²) in [6.45, 7) is 1.22. The first kappa shape index (κ1) is 18.6. The summed E-state index contributed by atoms with van der Waals surface area (Å²) in [4.78, 5) is 30.0. The molecule has 2 fully saturated rings. The molecule has 4 rings (SSSR count). The highest BCUT2D eigenvalue weighted by atomic mass is 35.5. The number of hydrogen-bond acceptors (Lipinski definition) is 5. The number of halogens is 2. The lowest BCUT2D eigenvalue weighted by Crippen LogP contribution is -2.40.